The number of nitrogens with zero attached hydrogens (tertiary/aromatic N) is 2. The lowest BCUT2D eigenvalue weighted by Crippen LogP contribution is -2.36. The van der Waals surface area contributed by atoms with Gasteiger partial charge in [-0.25, -0.2) is 0 Å². The van der Waals surface area contributed by atoms with E-state index >= 15 is 0 Å². The van der Waals surface area contributed by atoms with Crippen LogP contribution in [-0.4, -0.2) is 19.0 Å². The van der Waals surface area contributed by atoms with Crippen molar-refractivity contribution in [1.82, 2.24) is 0 Å². The fourth-order valence-corrected chi connectivity index (χ4v) is 2.21. The zero-order chi connectivity index (χ0) is 13.7. The van der Waals surface area contributed by atoms with Gasteiger partial charge >= 0.3 is 0 Å². The van der Waals surface area contributed by atoms with Crippen LogP contribution < -0.4 is 10.6 Å². The van der Waals surface area contributed by atoms with Gasteiger partial charge in [-0.05, 0) is 34.0 Å². The highest BCUT2D eigenvalue weighted by Crippen LogP contribution is 2.27. The summed E-state index contributed by atoms with van der Waals surface area (Å²) in [6.45, 7) is 4.90. The molecule has 0 bridgehead atoms. The van der Waals surface area contributed by atoms with Crippen LogP contribution in [0.1, 0.15) is 19.4 Å². The Morgan fingerprint density at radius 1 is 1.56 bits per heavy atom. The molecule has 0 aliphatic carbocycles. The molecule has 1 amide bonds. The molecule has 0 saturated heterocycles. The van der Waals surface area contributed by atoms with E-state index in [1.807, 2.05) is 17.0 Å². The van der Waals surface area contributed by atoms with Gasteiger partial charge in [-0.2, -0.15) is 5.26 Å². The first-order valence-electron chi connectivity index (χ1n) is 5.67. The van der Waals surface area contributed by atoms with E-state index in [9.17, 15) is 10.1 Å². The first kappa shape index (κ1) is 14.5. The average molecular weight is 310 g/mol. The van der Waals surface area contributed by atoms with Gasteiger partial charge in [0, 0.05) is 11.0 Å². The minimum atomic E-state index is -0.403. The largest absolute Gasteiger partial charge is 0.368 e. The molecule has 18 heavy (non-hydrogen) atoms. The van der Waals surface area contributed by atoms with Gasteiger partial charge in [0.15, 0.2) is 0 Å². The summed E-state index contributed by atoms with van der Waals surface area (Å²) in [5, 5.41) is 9.19. The molecule has 0 aromatic heterocycles. The Morgan fingerprint density at radius 2 is 2.22 bits per heavy atom. The molecule has 0 aliphatic rings. The second-order valence-corrected chi connectivity index (χ2v) is 5.34. The molecule has 1 aromatic carbocycles. The highest BCUT2D eigenvalue weighted by atomic mass is 79.9. The van der Waals surface area contributed by atoms with Crippen LogP contribution in [0.2, 0.25) is 0 Å². The van der Waals surface area contributed by atoms with Gasteiger partial charge in [-0.15, -0.1) is 0 Å². The third kappa shape index (κ3) is 3.74. The van der Waals surface area contributed by atoms with Crippen molar-refractivity contribution in [3.05, 3.63) is 28.2 Å². The molecular formula is C13H16BrN3O. The number of carbonyl (C=O) groups excluding carboxylic acids is 1. The van der Waals surface area contributed by atoms with Crippen molar-refractivity contribution in [1.29, 1.82) is 5.26 Å². The zero-order valence-corrected chi connectivity index (χ0v) is 12.1. The van der Waals surface area contributed by atoms with E-state index in [1.54, 1.807) is 6.07 Å². The number of hydrogen-bond donors (Lipinski definition) is 1. The van der Waals surface area contributed by atoms with E-state index in [0.29, 0.717) is 18.0 Å². The number of halogens is 1. The predicted molar refractivity (Wildman–Crippen MR) is 75.1 cm³/mol. The lowest BCUT2D eigenvalue weighted by Gasteiger charge is -2.26. The number of nitrogens with two attached hydrogens (primary N) is 1. The summed E-state index contributed by atoms with van der Waals surface area (Å²) < 4.78 is 0.723. The van der Waals surface area contributed by atoms with Gasteiger partial charge in [-0.3, -0.25) is 4.79 Å². The average Bonchev–Trinajstić information content (AvgIpc) is 2.26. The second kappa shape index (κ2) is 6.41. The normalized spacial score (nSPS) is 10.2. The Hall–Kier alpha value is -1.54. The minimum absolute atomic E-state index is 0.114. The molecule has 0 fully saturated rings. The van der Waals surface area contributed by atoms with Gasteiger partial charge < -0.3 is 10.6 Å². The van der Waals surface area contributed by atoms with Gasteiger partial charge in [0.25, 0.3) is 0 Å². The van der Waals surface area contributed by atoms with Crippen LogP contribution in [0, 0.1) is 17.2 Å². The van der Waals surface area contributed by atoms with Gasteiger partial charge in [0.1, 0.15) is 6.07 Å². The molecule has 0 radical (unpaired) electrons. The van der Waals surface area contributed by atoms with E-state index in [2.05, 4.69) is 35.8 Å². The van der Waals surface area contributed by atoms with Crippen molar-refractivity contribution < 1.29 is 4.79 Å². The summed E-state index contributed by atoms with van der Waals surface area (Å²) in [6, 6.07) is 7.63. The third-order valence-electron chi connectivity index (χ3n) is 2.38. The number of benzene rings is 1. The summed E-state index contributed by atoms with van der Waals surface area (Å²) >= 11 is 3.34. The molecule has 1 aromatic rings. The van der Waals surface area contributed by atoms with E-state index in [4.69, 9.17) is 5.73 Å². The third-order valence-corrected chi connectivity index (χ3v) is 3.04. The molecule has 5 heteroatoms. The maximum atomic E-state index is 11.1. The van der Waals surface area contributed by atoms with Crippen molar-refractivity contribution >= 4 is 27.5 Å². The number of carbonyl (C=O) groups is 1. The lowest BCUT2D eigenvalue weighted by atomic mass is 10.1. The lowest BCUT2D eigenvalue weighted by molar-refractivity contribution is -0.116. The molecular weight excluding hydrogens is 294 g/mol. The van der Waals surface area contributed by atoms with Crippen LogP contribution in [0.15, 0.2) is 22.7 Å². The zero-order valence-electron chi connectivity index (χ0n) is 10.5. The first-order valence-corrected chi connectivity index (χ1v) is 6.46. The van der Waals surface area contributed by atoms with Gasteiger partial charge in [0.2, 0.25) is 5.91 Å². The Morgan fingerprint density at radius 3 is 2.72 bits per heavy atom. The van der Waals surface area contributed by atoms with Gasteiger partial charge in [0.05, 0.1) is 17.8 Å². The fourth-order valence-electron chi connectivity index (χ4n) is 1.76. The van der Waals surface area contributed by atoms with Crippen LogP contribution in [0.4, 0.5) is 5.69 Å². The topological polar surface area (TPSA) is 70.1 Å². The highest BCUT2D eigenvalue weighted by Gasteiger charge is 2.16. The molecule has 0 aliphatic heterocycles. The summed E-state index contributed by atoms with van der Waals surface area (Å²) in [6.07, 6.45) is 0. The standard InChI is InChI=1S/C13H16BrN3O/c1-9(2)7-17(8-13(16)18)12-5-3-4-11(14)10(12)6-15/h3-5,9H,7-8H2,1-2H3,(H2,16,18). The van der Waals surface area contributed by atoms with Crippen molar-refractivity contribution in [2.24, 2.45) is 11.7 Å². The molecule has 0 spiro atoms. The number of primary amides is 1. The van der Waals surface area contributed by atoms with Gasteiger partial charge in [-0.1, -0.05) is 19.9 Å². The number of hydrogen-bond acceptors (Lipinski definition) is 3. The fraction of sp³-hybridized carbons (Fsp3) is 0.385. The molecule has 2 N–H and O–H groups in total. The monoisotopic (exact) mass is 309 g/mol. The Bertz CT molecular complexity index is 480. The van der Waals surface area contributed by atoms with Crippen molar-refractivity contribution in [2.45, 2.75) is 13.8 Å². The highest BCUT2D eigenvalue weighted by molar-refractivity contribution is 9.10. The molecule has 1 rings (SSSR count). The number of amides is 1. The van der Waals surface area contributed by atoms with E-state index in [-0.39, 0.29) is 6.54 Å². The first-order chi connectivity index (χ1) is 8.45. The molecule has 96 valence electrons. The maximum absolute atomic E-state index is 11.1. The quantitative estimate of drug-likeness (QED) is 0.907. The SMILES string of the molecule is CC(C)CN(CC(N)=O)c1cccc(Br)c1C#N. The molecule has 0 unspecified atom stereocenters. The van der Waals surface area contributed by atoms with Crippen LogP contribution in [0.3, 0.4) is 0 Å². The van der Waals surface area contributed by atoms with E-state index < -0.39 is 5.91 Å². The molecule has 0 saturated carbocycles. The summed E-state index contributed by atoms with van der Waals surface area (Å²) in [4.78, 5) is 13.0. The van der Waals surface area contributed by atoms with Crippen LogP contribution in [0.5, 0.6) is 0 Å². The number of nitriles is 1. The molecule has 0 atom stereocenters. The van der Waals surface area contributed by atoms with Crippen molar-refractivity contribution in [2.75, 3.05) is 18.0 Å². The van der Waals surface area contributed by atoms with E-state index in [1.165, 1.54) is 0 Å². The molecule has 4 nitrogen and oxygen atoms in total. The molecule has 0 heterocycles. The summed E-state index contributed by atoms with van der Waals surface area (Å²) in [7, 11) is 0. The summed E-state index contributed by atoms with van der Waals surface area (Å²) in [5.74, 6) is -0.0330. The Balaban J connectivity index is 3.16. The maximum Gasteiger partial charge on any atom is 0.236 e. The minimum Gasteiger partial charge on any atom is -0.368 e. The Labute approximate surface area is 116 Å². The summed E-state index contributed by atoms with van der Waals surface area (Å²) in [5.41, 5.74) is 6.52. The number of rotatable bonds is 5. The van der Waals surface area contributed by atoms with Crippen molar-refractivity contribution in [3.63, 3.8) is 0 Å². The van der Waals surface area contributed by atoms with Crippen LogP contribution >= 0.6 is 15.9 Å². The predicted octanol–water partition coefficient (Wildman–Crippen LogP) is 2.27. The van der Waals surface area contributed by atoms with E-state index in [0.717, 1.165) is 10.2 Å². The number of anilines is 1. The van der Waals surface area contributed by atoms with Crippen LogP contribution in [-0.2, 0) is 4.79 Å². The Kier molecular flexibility index (Phi) is 5.17. The second-order valence-electron chi connectivity index (χ2n) is 4.49. The van der Waals surface area contributed by atoms with Crippen molar-refractivity contribution in [3.8, 4) is 6.07 Å². The van der Waals surface area contributed by atoms with Crippen LogP contribution in [0.25, 0.3) is 0 Å². The smallest absolute Gasteiger partial charge is 0.236 e.